The van der Waals surface area contributed by atoms with Crippen molar-refractivity contribution in [1.29, 1.82) is 0 Å². The first-order chi connectivity index (χ1) is 14.6. The molecule has 0 saturated carbocycles. The Morgan fingerprint density at radius 1 is 1.06 bits per heavy atom. The molecule has 2 aromatic carbocycles. The predicted molar refractivity (Wildman–Crippen MR) is 130 cm³/mol. The van der Waals surface area contributed by atoms with E-state index < -0.39 is 0 Å². The number of rotatable bonds is 10. The van der Waals surface area contributed by atoms with Crippen LogP contribution in [0.1, 0.15) is 31.1 Å². The molecule has 6 nitrogen and oxygen atoms in total. The van der Waals surface area contributed by atoms with Gasteiger partial charge in [0.1, 0.15) is 17.0 Å². The molecule has 1 aromatic heterocycles. The Morgan fingerprint density at radius 3 is 2.48 bits per heavy atom. The van der Waals surface area contributed by atoms with Gasteiger partial charge in [-0.25, -0.2) is 4.98 Å². The number of likely N-dealkylation sites (N-methyl/N-ethyl adjacent to an activating group) is 1. The molecule has 8 heteroatoms. The average Bonchev–Trinajstić information content (AvgIpc) is 3.21. The number of ether oxygens (including phenoxy) is 2. The molecule has 0 aliphatic rings. The van der Waals surface area contributed by atoms with E-state index in [1.165, 1.54) is 11.3 Å². The SMILES string of the molecule is CCOc1cccc2sc(N(CCN(CC)CC)C(=O)c3cccc(OC)c3)nc12.Cl. The molecule has 0 radical (unpaired) electrons. The molecule has 168 valence electrons. The maximum absolute atomic E-state index is 13.5. The normalized spacial score (nSPS) is 10.7. The van der Waals surface area contributed by atoms with Gasteiger partial charge in [-0.3, -0.25) is 9.69 Å². The van der Waals surface area contributed by atoms with E-state index in [1.807, 2.05) is 43.3 Å². The highest BCUT2D eigenvalue weighted by Gasteiger charge is 2.23. The van der Waals surface area contributed by atoms with Crippen LogP contribution in [0.3, 0.4) is 0 Å². The molecule has 31 heavy (non-hydrogen) atoms. The number of para-hydroxylation sites is 1. The third-order valence-corrected chi connectivity index (χ3v) is 6.04. The van der Waals surface area contributed by atoms with Gasteiger partial charge in [0, 0.05) is 18.7 Å². The Labute approximate surface area is 194 Å². The second kappa shape index (κ2) is 11.9. The molecule has 0 aliphatic heterocycles. The molecular formula is C23H30ClN3O3S. The maximum atomic E-state index is 13.5. The predicted octanol–water partition coefficient (Wildman–Crippen LogP) is 5.11. The molecule has 0 fully saturated rings. The Bertz CT molecular complexity index is 991. The molecule has 1 amide bonds. The largest absolute Gasteiger partial charge is 0.497 e. The monoisotopic (exact) mass is 463 g/mol. The Hall–Kier alpha value is -2.35. The van der Waals surface area contributed by atoms with Crippen molar-refractivity contribution in [3.8, 4) is 11.5 Å². The van der Waals surface area contributed by atoms with Gasteiger partial charge in [-0.2, -0.15) is 0 Å². The van der Waals surface area contributed by atoms with Crippen molar-refractivity contribution < 1.29 is 14.3 Å². The number of hydrogen-bond donors (Lipinski definition) is 0. The summed E-state index contributed by atoms with van der Waals surface area (Å²) in [5.74, 6) is 1.32. The van der Waals surface area contributed by atoms with Crippen molar-refractivity contribution in [3.05, 3.63) is 48.0 Å². The zero-order chi connectivity index (χ0) is 21.5. The van der Waals surface area contributed by atoms with Crippen LogP contribution < -0.4 is 14.4 Å². The van der Waals surface area contributed by atoms with Gasteiger partial charge in [-0.15, -0.1) is 12.4 Å². The Balaban J connectivity index is 0.00000341. The van der Waals surface area contributed by atoms with E-state index >= 15 is 0 Å². The first kappa shape index (κ1) is 24.9. The molecule has 3 rings (SSSR count). The number of methoxy groups -OCH3 is 1. The molecule has 1 heterocycles. The molecule has 3 aromatic rings. The highest BCUT2D eigenvalue weighted by atomic mass is 35.5. The van der Waals surface area contributed by atoms with E-state index in [-0.39, 0.29) is 18.3 Å². The number of carbonyl (C=O) groups is 1. The Kier molecular flexibility index (Phi) is 9.55. The zero-order valence-corrected chi connectivity index (χ0v) is 20.1. The standard InChI is InChI=1S/C23H29N3O3S.ClH/c1-5-25(6-2)14-15-26(22(27)17-10-8-11-18(16-17)28-4)23-24-21-19(29-7-3)12-9-13-20(21)30-23;/h8-13,16H,5-7,14-15H2,1-4H3;1H. The van der Waals surface area contributed by atoms with Crippen LogP contribution in [0.25, 0.3) is 10.2 Å². The van der Waals surface area contributed by atoms with Gasteiger partial charge in [0.2, 0.25) is 0 Å². The number of halogens is 1. The zero-order valence-electron chi connectivity index (χ0n) is 18.5. The van der Waals surface area contributed by atoms with Crippen LogP contribution in [0.15, 0.2) is 42.5 Å². The lowest BCUT2D eigenvalue weighted by Gasteiger charge is -2.24. The fourth-order valence-electron chi connectivity index (χ4n) is 3.28. The smallest absolute Gasteiger partial charge is 0.260 e. The molecular weight excluding hydrogens is 434 g/mol. The van der Waals surface area contributed by atoms with Crippen LogP contribution in [0.4, 0.5) is 5.13 Å². The van der Waals surface area contributed by atoms with Crippen LogP contribution >= 0.6 is 23.7 Å². The number of nitrogens with zero attached hydrogens (tertiary/aromatic N) is 3. The van der Waals surface area contributed by atoms with Crippen molar-refractivity contribution in [1.82, 2.24) is 9.88 Å². The van der Waals surface area contributed by atoms with Crippen LogP contribution in [0.5, 0.6) is 11.5 Å². The quantitative estimate of drug-likeness (QED) is 0.418. The lowest BCUT2D eigenvalue weighted by atomic mass is 10.2. The average molecular weight is 464 g/mol. The van der Waals surface area contributed by atoms with Gasteiger partial charge in [0.15, 0.2) is 5.13 Å². The van der Waals surface area contributed by atoms with Gasteiger partial charge in [-0.05, 0) is 50.3 Å². The molecule has 0 bridgehead atoms. The van der Waals surface area contributed by atoms with E-state index in [9.17, 15) is 4.79 Å². The fraction of sp³-hybridized carbons (Fsp3) is 0.391. The number of amides is 1. The minimum absolute atomic E-state index is 0. The fourth-order valence-corrected chi connectivity index (χ4v) is 4.28. The van der Waals surface area contributed by atoms with Gasteiger partial charge in [0.05, 0.1) is 18.4 Å². The van der Waals surface area contributed by atoms with Crippen molar-refractivity contribution in [2.24, 2.45) is 0 Å². The second-order valence-electron chi connectivity index (χ2n) is 6.75. The maximum Gasteiger partial charge on any atom is 0.260 e. The third kappa shape index (κ3) is 5.87. The lowest BCUT2D eigenvalue weighted by molar-refractivity contribution is 0.0983. The summed E-state index contributed by atoms with van der Waals surface area (Å²) in [6, 6.07) is 13.1. The van der Waals surface area contributed by atoms with Crippen molar-refractivity contribution in [2.45, 2.75) is 20.8 Å². The molecule has 0 spiro atoms. The number of benzene rings is 2. The van der Waals surface area contributed by atoms with Crippen LogP contribution in [-0.2, 0) is 0 Å². The molecule has 0 atom stereocenters. The van der Waals surface area contributed by atoms with E-state index in [0.29, 0.717) is 29.6 Å². The van der Waals surface area contributed by atoms with Gasteiger partial charge < -0.3 is 14.4 Å². The highest BCUT2D eigenvalue weighted by molar-refractivity contribution is 7.22. The summed E-state index contributed by atoms with van der Waals surface area (Å²) in [4.78, 5) is 22.3. The summed E-state index contributed by atoms with van der Waals surface area (Å²) < 4.78 is 12.0. The summed E-state index contributed by atoms with van der Waals surface area (Å²) in [5.41, 5.74) is 1.38. The number of hydrogen-bond acceptors (Lipinski definition) is 6. The summed E-state index contributed by atoms with van der Waals surface area (Å²) in [6.07, 6.45) is 0. The Morgan fingerprint density at radius 2 is 1.81 bits per heavy atom. The summed E-state index contributed by atoms with van der Waals surface area (Å²) in [5, 5.41) is 0.678. The van der Waals surface area contributed by atoms with Gasteiger partial charge >= 0.3 is 0 Å². The first-order valence-electron chi connectivity index (χ1n) is 10.3. The number of thiazole rings is 1. The molecule has 0 N–H and O–H groups in total. The molecule has 0 aliphatic carbocycles. The van der Waals surface area contributed by atoms with Crippen LogP contribution in [0, 0.1) is 0 Å². The molecule has 0 saturated heterocycles. The summed E-state index contributed by atoms with van der Waals surface area (Å²) in [6.45, 7) is 9.99. The topological polar surface area (TPSA) is 54.9 Å². The van der Waals surface area contributed by atoms with E-state index in [0.717, 1.165) is 35.6 Å². The number of anilines is 1. The minimum Gasteiger partial charge on any atom is -0.497 e. The van der Waals surface area contributed by atoms with Crippen LogP contribution in [-0.4, -0.2) is 55.7 Å². The van der Waals surface area contributed by atoms with Gasteiger partial charge in [-0.1, -0.05) is 37.3 Å². The van der Waals surface area contributed by atoms with E-state index in [2.05, 4.69) is 18.7 Å². The number of aromatic nitrogens is 1. The number of carbonyl (C=O) groups excluding carboxylic acids is 1. The van der Waals surface area contributed by atoms with E-state index in [1.54, 1.807) is 18.1 Å². The summed E-state index contributed by atoms with van der Waals surface area (Å²) >= 11 is 1.51. The minimum atomic E-state index is -0.0851. The van der Waals surface area contributed by atoms with Crippen molar-refractivity contribution in [3.63, 3.8) is 0 Å². The lowest BCUT2D eigenvalue weighted by Crippen LogP contribution is -2.38. The van der Waals surface area contributed by atoms with Crippen molar-refractivity contribution in [2.75, 3.05) is 44.8 Å². The van der Waals surface area contributed by atoms with Crippen LogP contribution in [0.2, 0.25) is 0 Å². The summed E-state index contributed by atoms with van der Waals surface area (Å²) in [7, 11) is 1.60. The third-order valence-electron chi connectivity index (χ3n) is 5.00. The first-order valence-corrected chi connectivity index (χ1v) is 11.1. The number of fused-ring (bicyclic) bond motifs is 1. The molecule has 0 unspecified atom stereocenters. The van der Waals surface area contributed by atoms with Crippen molar-refractivity contribution >= 4 is 45.0 Å². The van der Waals surface area contributed by atoms with E-state index in [4.69, 9.17) is 14.5 Å². The van der Waals surface area contributed by atoms with Gasteiger partial charge in [0.25, 0.3) is 5.91 Å². The highest BCUT2D eigenvalue weighted by Crippen LogP contribution is 2.35. The second-order valence-corrected chi connectivity index (χ2v) is 7.76.